The molecule has 0 bridgehead atoms. The largest absolute Gasteiger partial charge is 0.481 e. The predicted molar refractivity (Wildman–Crippen MR) is 400 cm³/mol. The average Bonchev–Trinajstić information content (AvgIpc) is 0.941. The smallest absolute Gasteiger partial charge is 0.312 e. The molecule has 0 fully saturated rings. The summed E-state index contributed by atoms with van der Waals surface area (Å²) in [6.45, 7) is 7.84. The molecule has 2 aromatic heterocycles. The van der Waals surface area contributed by atoms with E-state index in [-0.39, 0.29) is 61.7 Å². The van der Waals surface area contributed by atoms with Gasteiger partial charge < -0.3 is 31.2 Å². The fourth-order valence-corrected chi connectivity index (χ4v) is 11.0. The van der Waals surface area contributed by atoms with Crippen molar-refractivity contribution in [3.63, 3.8) is 0 Å². The number of rotatable bonds is 14. The molecule has 0 radical (unpaired) electrons. The SMILES string of the molecule is CC(CC#N)c1ccccc1Cl.CC(CO)c1ccccc1Cl.CC(COS(C)(=O)=O)c1ccccc1Cl.COC(=O)C(C)c1ccccc1Cl.COC(=O)Cc1ccccc1Cl.Nc1ccc(Br)c2cccnc12.Nc1cccc2cccnc12.O=C(O)Cc1ccccc1Cl. The summed E-state index contributed by atoms with van der Waals surface area (Å²) in [4.78, 5) is 40.6. The van der Waals surface area contributed by atoms with Gasteiger partial charge in [-0.05, 0) is 113 Å². The molecule has 0 aliphatic carbocycles. The second kappa shape index (κ2) is 44.9. The van der Waals surface area contributed by atoms with Gasteiger partial charge in [0.1, 0.15) is 0 Å². The number of para-hydroxylation sites is 1. The number of nitrogens with two attached hydrogens (primary N) is 2. The topological polar surface area (TPSA) is 255 Å². The number of pyridine rings is 2. The third-order valence-electron chi connectivity index (χ3n) is 13.7. The number of benzene rings is 8. The van der Waals surface area contributed by atoms with Crippen molar-refractivity contribution in [3.8, 4) is 6.07 Å². The third kappa shape index (κ3) is 30.6. The zero-order chi connectivity index (χ0) is 72.0. The number of carboxylic acids is 1. The van der Waals surface area contributed by atoms with Gasteiger partial charge >= 0.3 is 17.9 Å². The molecule has 0 saturated heterocycles. The van der Waals surface area contributed by atoms with Crippen LogP contribution >= 0.6 is 85.5 Å². The van der Waals surface area contributed by atoms with E-state index in [2.05, 4.69) is 41.4 Å². The molecule has 23 heteroatoms. The van der Waals surface area contributed by atoms with Gasteiger partial charge in [0.2, 0.25) is 0 Å². The fourth-order valence-electron chi connectivity index (χ4n) is 8.38. The van der Waals surface area contributed by atoms with E-state index in [1.165, 1.54) is 14.2 Å². The number of carboxylic acid groups (broad SMARTS) is 1. The van der Waals surface area contributed by atoms with Gasteiger partial charge in [-0.1, -0.05) is 240 Å². The van der Waals surface area contributed by atoms with Crippen LogP contribution in [0.1, 0.15) is 91.2 Å². The summed E-state index contributed by atoms with van der Waals surface area (Å²) < 4.78 is 36.5. The molecule has 15 nitrogen and oxygen atoms in total. The Bertz CT molecular complexity index is 4220. The van der Waals surface area contributed by atoms with Crippen molar-refractivity contribution in [1.29, 1.82) is 5.26 Å². The van der Waals surface area contributed by atoms with Gasteiger partial charge in [0, 0.05) is 82.6 Å². The standard InChI is InChI=1S/C10H10ClN.C10H13ClO3S.C10H11ClO2.C9H7BrN2.C9H9ClO2.C9H11ClO.C9H8N2.C8H7ClO2/c1-8(6-7-12)9-4-2-3-5-10(9)11;1-8(7-14-15(2,12)13)9-5-3-4-6-10(9)11;1-7(10(12)13-2)8-5-3-4-6-9(8)11;10-7-3-4-8(11)9-6(7)2-1-5-12-9;1-12-9(11)6-7-4-2-3-5-8(7)10;1-7(6-11)8-4-2-3-5-9(8)10;10-8-5-1-3-7-4-2-6-11-9(7)8;9-7-4-2-1-3-6(7)5-8(10)11/h2-5,8H,6H2,1H3;3-6,8H,7H2,1-2H3;3-7H,1-2H3;1-5H,11H2;2-5H,6H2,1H3;2-5,7,11H,6H2,1H3;1-6H,10H2;1-4H,5H2,(H,10,11). The van der Waals surface area contributed by atoms with Gasteiger partial charge in [0.15, 0.2) is 0 Å². The third-order valence-corrected chi connectivity index (χ3v) is 17.0. The Morgan fingerprint density at radius 1 is 0.536 bits per heavy atom. The number of carbonyl (C=O) groups is 3. The number of nitrogens with zero attached hydrogens (tertiary/aromatic N) is 3. The molecule has 2 heterocycles. The van der Waals surface area contributed by atoms with Gasteiger partial charge in [0.25, 0.3) is 10.1 Å². The van der Waals surface area contributed by atoms with Crippen molar-refractivity contribution < 1.29 is 46.7 Å². The number of nitrogen functional groups attached to an aromatic ring is 2. The second-order valence-electron chi connectivity index (χ2n) is 21.0. The number of aliphatic hydroxyl groups is 1. The lowest BCUT2D eigenvalue weighted by atomic mass is 9.99. The van der Waals surface area contributed by atoms with E-state index < -0.39 is 16.1 Å². The van der Waals surface area contributed by atoms with E-state index in [1.54, 1.807) is 67.8 Å². The van der Waals surface area contributed by atoms with Crippen molar-refractivity contribution in [1.82, 2.24) is 9.97 Å². The monoisotopic (exact) mass is 1520 g/mol. The average molecular weight is 1520 g/mol. The van der Waals surface area contributed by atoms with E-state index in [9.17, 15) is 22.8 Å². The molecule has 0 saturated carbocycles. The minimum absolute atomic E-state index is 0.0142. The molecule has 97 heavy (non-hydrogen) atoms. The first-order valence-corrected chi connectivity index (χ1v) is 34.6. The van der Waals surface area contributed by atoms with E-state index in [0.29, 0.717) is 37.8 Å². The van der Waals surface area contributed by atoms with E-state index in [1.807, 2.05) is 172 Å². The normalized spacial score (nSPS) is 11.4. The molecular formula is C74H76BrCl6N5O10S. The maximum atomic E-state index is 11.2. The summed E-state index contributed by atoms with van der Waals surface area (Å²) in [6.07, 6.45) is 5.26. The predicted octanol–water partition coefficient (Wildman–Crippen LogP) is 19.2. The first kappa shape index (κ1) is 83.4. The highest BCUT2D eigenvalue weighted by Gasteiger charge is 2.18. The van der Waals surface area contributed by atoms with Crippen molar-refractivity contribution in [3.05, 3.63) is 281 Å². The lowest BCUT2D eigenvalue weighted by Gasteiger charge is -2.12. The fraction of sp³-hybridized carbons (Fsp3) is 0.216. The number of aliphatic carboxylic acids is 1. The minimum Gasteiger partial charge on any atom is -0.481 e. The van der Waals surface area contributed by atoms with Crippen molar-refractivity contribution in [2.45, 2.75) is 70.6 Å². The number of esters is 2. The van der Waals surface area contributed by atoms with Crippen LogP contribution in [0.3, 0.4) is 0 Å². The van der Waals surface area contributed by atoms with Gasteiger partial charge in [-0.3, -0.25) is 28.5 Å². The number of halogens is 7. The van der Waals surface area contributed by atoms with Crippen LogP contribution in [0.2, 0.25) is 30.1 Å². The molecule has 512 valence electrons. The summed E-state index contributed by atoms with van der Waals surface area (Å²) in [7, 11) is -0.652. The summed E-state index contributed by atoms with van der Waals surface area (Å²) in [5.41, 5.74) is 19.8. The number of nitriles is 1. The maximum Gasteiger partial charge on any atom is 0.312 e. The molecule has 0 amide bonds. The zero-order valence-electron chi connectivity index (χ0n) is 54.3. The highest BCUT2D eigenvalue weighted by molar-refractivity contribution is 9.10. The van der Waals surface area contributed by atoms with Crippen molar-refractivity contribution in [2.24, 2.45) is 0 Å². The van der Waals surface area contributed by atoms with Gasteiger partial charge in [-0.2, -0.15) is 13.7 Å². The Labute approximate surface area is 606 Å². The Kier molecular flexibility index (Phi) is 38.6. The molecule has 0 aliphatic rings. The highest BCUT2D eigenvalue weighted by atomic mass is 79.9. The Morgan fingerprint density at radius 2 is 0.959 bits per heavy atom. The molecule has 6 N–H and O–H groups in total. The van der Waals surface area contributed by atoms with Crippen LogP contribution in [0.25, 0.3) is 21.8 Å². The Morgan fingerprint density at radius 3 is 1.39 bits per heavy atom. The highest BCUT2D eigenvalue weighted by Crippen LogP contribution is 2.29. The molecular weight excluding hydrogens is 1440 g/mol. The summed E-state index contributed by atoms with van der Waals surface area (Å²) in [5, 5.41) is 31.7. The number of hydrogen-bond donors (Lipinski definition) is 4. The number of fused-ring (bicyclic) bond motifs is 2. The molecule has 10 aromatic rings. The molecule has 0 aliphatic heterocycles. The number of aromatic nitrogens is 2. The number of methoxy groups -OCH3 is 2. The van der Waals surface area contributed by atoms with E-state index >= 15 is 0 Å². The van der Waals surface area contributed by atoms with Gasteiger partial charge in [-0.25, -0.2) is 0 Å². The van der Waals surface area contributed by atoms with Crippen LogP contribution in [0.4, 0.5) is 11.4 Å². The van der Waals surface area contributed by atoms with Crippen LogP contribution in [0.15, 0.2) is 217 Å². The van der Waals surface area contributed by atoms with Crippen molar-refractivity contribution in [2.75, 3.05) is 45.2 Å². The zero-order valence-corrected chi connectivity index (χ0v) is 61.2. The van der Waals surface area contributed by atoms with Crippen molar-refractivity contribution >= 4 is 147 Å². The first-order chi connectivity index (χ1) is 46.2. The molecule has 10 rings (SSSR count). The van der Waals surface area contributed by atoms with Crippen LogP contribution in [-0.4, -0.2) is 80.2 Å². The van der Waals surface area contributed by atoms with Crippen LogP contribution in [0.5, 0.6) is 0 Å². The van der Waals surface area contributed by atoms with Crippen LogP contribution in [0, 0.1) is 11.3 Å². The Balaban J connectivity index is 0.000000289. The van der Waals surface area contributed by atoms with E-state index in [0.717, 1.165) is 76.1 Å². The lowest BCUT2D eigenvalue weighted by Crippen LogP contribution is -2.10. The second-order valence-corrected chi connectivity index (χ2v) is 26.0. The number of carbonyl (C=O) groups excluding carboxylic acids is 2. The van der Waals surface area contributed by atoms with Crippen LogP contribution in [-0.2, 0) is 51.0 Å². The number of hydrogen-bond acceptors (Lipinski definition) is 14. The molecule has 8 aromatic carbocycles. The number of ether oxygens (including phenoxy) is 2. The maximum absolute atomic E-state index is 11.2. The number of anilines is 2. The summed E-state index contributed by atoms with van der Waals surface area (Å²) in [5.74, 6) is -1.41. The lowest BCUT2D eigenvalue weighted by molar-refractivity contribution is -0.142. The quantitative estimate of drug-likeness (QED) is 0.0448. The van der Waals surface area contributed by atoms with E-state index in [4.69, 9.17) is 101 Å². The van der Waals surface area contributed by atoms with Crippen LogP contribution < -0.4 is 11.5 Å². The first-order valence-electron chi connectivity index (χ1n) is 29.7. The number of aliphatic hydroxyl groups excluding tert-OH is 1. The van der Waals surface area contributed by atoms with Gasteiger partial charge in [0.05, 0.1) is 74.3 Å². The summed E-state index contributed by atoms with van der Waals surface area (Å²) in [6, 6.07) is 63.4. The molecule has 0 spiro atoms. The molecule has 4 unspecified atom stereocenters. The minimum atomic E-state index is -3.38. The molecule has 4 atom stereocenters. The van der Waals surface area contributed by atoms with Gasteiger partial charge in [-0.15, -0.1) is 0 Å². The summed E-state index contributed by atoms with van der Waals surface area (Å²) >= 11 is 38.7. The Hall–Kier alpha value is -7.83.